The summed E-state index contributed by atoms with van der Waals surface area (Å²) in [7, 11) is 0. The Morgan fingerprint density at radius 2 is 1.78 bits per heavy atom. The van der Waals surface area contributed by atoms with Crippen molar-refractivity contribution in [2.45, 2.75) is 60.1 Å². The molecule has 0 saturated heterocycles. The van der Waals surface area contributed by atoms with Gasteiger partial charge < -0.3 is 20.1 Å². The van der Waals surface area contributed by atoms with Crippen molar-refractivity contribution in [1.29, 1.82) is 5.41 Å². The summed E-state index contributed by atoms with van der Waals surface area (Å²) in [6, 6.07) is 8.69. The number of hydrogen-bond acceptors (Lipinski definition) is 7. The SMILES string of the molecule is CCOC(=O)CNC(=O)N(c1cc(C)c(C#CCNc2ccc(C(=N)NC(=O)OC(C)(C)C)cc2)cc1F)C(C)C. The second-order valence-corrected chi connectivity index (χ2v) is 10.3. The van der Waals surface area contributed by atoms with Crippen LogP contribution in [0.2, 0.25) is 0 Å². The number of ether oxygens (including phenoxy) is 2. The Kier molecular flexibility index (Phi) is 11.7. The van der Waals surface area contributed by atoms with E-state index in [1.165, 1.54) is 11.0 Å². The minimum atomic E-state index is -0.700. The Morgan fingerprint density at radius 1 is 1.12 bits per heavy atom. The molecular formula is C30H38FN5O5. The molecule has 0 aliphatic heterocycles. The third-order valence-electron chi connectivity index (χ3n) is 5.38. The fourth-order valence-corrected chi connectivity index (χ4v) is 3.57. The molecule has 0 radical (unpaired) electrons. The van der Waals surface area contributed by atoms with Crippen molar-refractivity contribution in [3.05, 3.63) is 58.9 Å². The van der Waals surface area contributed by atoms with Crippen LogP contribution in [0.25, 0.3) is 0 Å². The minimum absolute atomic E-state index is 0.0781. The van der Waals surface area contributed by atoms with E-state index >= 15 is 4.39 Å². The smallest absolute Gasteiger partial charge is 0.413 e. The normalized spacial score (nSPS) is 10.7. The highest BCUT2D eigenvalue weighted by atomic mass is 19.1. The summed E-state index contributed by atoms with van der Waals surface area (Å²) in [5, 5.41) is 16.0. The van der Waals surface area contributed by atoms with Crippen LogP contribution >= 0.6 is 0 Å². The Balaban J connectivity index is 2.03. The molecule has 3 amide bonds. The number of amides is 3. The molecule has 2 rings (SSSR count). The summed E-state index contributed by atoms with van der Waals surface area (Å²) >= 11 is 0. The summed E-state index contributed by atoms with van der Waals surface area (Å²) in [6.07, 6.45) is -0.700. The van der Waals surface area contributed by atoms with Gasteiger partial charge in [0.2, 0.25) is 0 Å². The molecule has 0 aromatic heterocycles. The van der Waals surface area contributed by atoms with Gasteiger partial charge in [0.1, 0.15) is 23.8 Å². The van der Waals surface area contributed by atoms with Gasteiger partial charge in [-0.3, -0.25) is 20.4 Å². The number of nitrogens with one attached hydrogen (secondary N) is 4. The van der Waals surface area contributed by atoms with E-state index in [9.17, 15) is 14.4 Å². The van der Waals surface area contributed by atoms with Crippen molar-refractivity contribution in [3.8, 4) is 11.8 Å². The number of aryl methyl sites for hydroxylation is 1. The number of urea groups is 1. The van der Waals surface area contributed by atoms with E-state index in [2.05, 4.69) is 27.8 Å². The number of halogens is 1. The Hall–Kier alpha value is -4.59. The van der Waals surface area contributed by atoms with Gasteiger partial charge in [-0.15, -0.1) is 0 Å². The van der Waals surface area contributed by atoms with Crippen LogP contribution < -0.4 is 20.9 Å². The molecule has 11 heteroatoms. The number of carbonyl (C=O) groups is 3. The third-order valence-corrected chi connectivity index (χ3v) is 5.38. The molecule has 0 bridgehead atoms. The van der Waals surface area contributed by atoms with Crippen molar-refractivity contribution in [2.24, 2.45) is 0 Å². The molecule has 0 aliphatic rings. The average molecular weight is 568 g/mol. The second-order valence-electron chi connectivity index (χ2n) is 10.3. The number of anilines is 2. The number of hydrogen-bond donors (Lipinski definition) is 4. The fourth-order valence-electron chi connectivity index (χ4n) is 3.57. The molecule has 0 aliphatic carbocycles. The van der Waals surface area contributed by atoms with Crippen LogP contribution in [0.4, 0.5) is 25.4 Å². The lowest BCUT2D eigenvalue weighted by Crippen LogP contribution is -2.46. The Labute approximate surface area is 240 Å². The van der Waals surface area contributed by atoms with Crippen molar-refractivity contribution < 1.29 is 28.2 Å². The van der Waals surface area contributed by atoms with E-state index < -0.39 is 29.5 Å². The molecule has 10 nitrogen and oxygen atoms in total. The lowest BCUT2D eigenvalue weighted by Gasteiger charge is -2.27. The van der Waals surface area contributed by atoms with Crippen molar-refractivity contribution >= 4 is 35.3 Å². The van der Waals surface area contributed by atoms with E-state index in [0.29, 0.717) is 16.7 Å². The standard InChI is InChI=1S/C30H38FN5O5/c1-8-40-26(37)18-34-28(38)36(19(2)3)25-16-20(4)22(17-24(25)31)10-9-15-33-23-13-11-21(12-14-23)27(32)35-29(39)41-30(5,6)7/h11-14,16-17,19,33H,8,15,18H2,1-7H3,(H,34,38)(H2,32,35,39). The maximum Gasteiger partial charge on any atom is 0.413 e. The maximum absolute atomic E-state index is 15.1. The third kappa shape index (κ3) is 10.5. The van der Waals surface area contributed by atoms with E-state index in [1.807, 2.05) is 0 Å². The number of nitrogens with zero attached hydrogens (tertiary/aromatic N) is 1. The molecule has 41 heavy (non-hydrogen) atoms. The maximum atomic E-state index is 15.1. The van der Waals surface area contributed by atoms with E-state index in [4.69, 9.17) is 14.9 Å². The zero-order chi connectivity index (χ0) is 30.7. The summed E-state index contributed by atoms with van der Waals surface area (Å²) < 4.78 is 25.1. The molecule has 0 heterocycles. The van der Waals surface area contributed by atoms with Gasteiger partial charge in [0.05, 0.1) is 18.8 Å². The highest BCUT2D eigenvalue weighted by molar-refractivity contribution is 6.04. The van der Waals surface area contributed by atoms with E-state index in [0.717, 1.165) is 5.69 Å². The van der Waals surface area contributed by atoms with Gasteiger partial charge in [-0.2, -0.15) is 0 Å². The quantitative estimate of drug-likeness (QED) is 0.155. The Morgan fingerprint density at radius 3 is 2.37 bits per heavy atom. The lowest BCUT2D eigenvalue weighted by atomic mass is 10.1. The van der Waals surface area contributed by atoms with Gasteiger partial charge in [0.15, 0.2) is 0 Å². The van der Waals surface area contributed by atoms with Gasteiger partial charge >= 0.3 is 18.1 Å². The minimum Gasteiger partial charge on any atom is -0.465 e. The van der Waals surface area contributed by atoms with Gasteiger partial charge in [-0.1, -0.05) is 11.8 Å². The first-order valence-corrected chi connectivity index (χ1v) is 13.2. The van der Waals surface area contributed by atoms with Crippen molar-refractivity contribution in [1.82, 2.24) is 10.6 Å². The first-order valence-electron chi connectivity index (χ1n) is 13.2. The number of amidine groups is 1. The fraction of sp³-hybridized carbons (Fsp3) is 0.400. The van der Waals surface area contributed by atoms with Crippen LogP contribution in [0.1, 0.15) is 58.2 Å². The zero-order valence-corrected chi connectivity index (χ0v) is 24.5. The van der Waals surface area contributed by atoms with Crippen molar-refractivity contribution in [3.63, 3.8) is 0 Å². The van der Waals surface area contributed by atoms with Crippen LogP contribution in [-0.2, 0) is 14.3 Å². The Bertz CT molecular complexity index is 1320. The molecule has 4 N–H and O–H groups in total. The zero-order valence-electron chi connectivity index (χ0n) is 24.5. The highest BCUT2D eigenvalue weighted by Crippen LogP contribution is 2.25. The molecule has 2 aromatic carbocycles. The average Bonchev–Trinajstić information content (AvgIpc) is 2.87. The summed E-state index contributed by atoms with van der Waals surface area (Å²) in [4.78, 5) is 37.4. The molecule has 0 unspecified atom stereocenters. The van der Waals surface area contributed by atoms with Crippen LogP contribution in [0, 0.1) is 30.0 Å². The molecule has 0 spiro atoms. The number of benzene rings is 2. The van der Waals surface area contributed by atoms with Crippen LogP contribution in [-0.4, -0.2) is 55.3 Å². The molecule has 2 aromatic rings. The predicted octanol–water partition coefficient (Wildman–Crippen LogP) is 4.94. The van der Waals surface area contributed by atoms with Gasteiger partial charge in [-0.25, -0.2) is 14.0 Å². The van der Waals surface area contributed by atoms with Crippen LogP contribution in [0.5, 0.6) is 0 Å². The first-order chi connectivity index (χ1) is 19.2. The number of alkyl carbamates (subject to hydrolysis) is 1. The monoisotopic (exact) mass is 567 g/mol. The molecular weight excluding hydrogens is 529 g/mol. The number of carbonyl (C=O) groups excluding carboxylic acids is 3. The van der Waals surface area contributed by atoms with Gasteiger partial charge in [0.25, 0.3) is 0 Å². The predicted molar refractivity (Wildman–Crippen MR) is 157 cm³/mol. The highest BCUT2D eigenvalue weighted by Gasteiger charge is 2.24. The van der Waals surface area contributed by atoms with E-state index in [1.54, 1.807) is 78.8 Å². The molecule has 0 atom stereocenters. The first kappa shape index (κ1) is 32.6. The molecule has 0 fully saturated rings. The summed E-state index contributed by atoms with van der Waals surface area (Å²) in [6.45, 7) is 12.3. The number of rotatable bonds is 8. The lowest BCUT2D eigenvalue weighted by molar-refractivity contribution is -0.141. The molecule has 220 valence electrons. The number of esters is 1. The largest absolute Gasteiger partial charge is 0.465 e. The summed E-state index contributed by atoms with van der Waals surface area (Å²) in [5.74, 6) is 4.62. The topological polar surface area (TPSA) is 133 Å². The summed E-state index contributed by atoms with van der Waals surface area (Å²) in [5.41, 5.74) is 1.81. The van der Waals surface area contributed by atoms with Gasteiger partial charge in [0, 0.05) is 22.9 Å². The van der Waals surface area contributed by atoms with Crippen LogP contribution in [0.15, 0.2) is 36.4 Å². The van der Waals surface area contributed by atoms with Crippen molar-refractivity contribution in [2.75, 3.05) is 29.9 Å². The second kappa shape index (κ2) is 14.7. The molecule has 0 saturated carbocycles. The van der Waals surface area contributed by atoms with Crippen LogP contribution in [0.3, 0.4) is 0 Å². The van der Waals surface area contributed by atoms with Gasteiger partial charge in [-0.05, 0) is 90.4 Å². The van der Waals surface area contributed by atoms with E-state index in [-0.39, 0.29) is 37.3 Å².